The fourth-order valence-electron chi connectivity index (χ4n) is 5.30. The summed E-state index contributed by atoms with van der Waals surface area (Å²) in [5.74, 6) is 1.68. The monoisotopic (exact) mass is 508 g/mol. The number of amides is 1. The molecule has 1 fully saturated rings. The Balaban J connectivity index is 1.04. The van der Waals surface area contributed by atoms with Crippen molar-refractivity contribution in [2.45, 2.75) is 38.4 Å². The minimum Gasteiger partial charge on any atom is -0.492 e. The lowest BCUT2D eigenvalue weighted by molar-refractivity contribution is 0.0909. The first kappa shape index (κ1) is 24.2. The number of piperidine rings is 1. The van der Waals surface area contributed by atoms with Crippen LogP contribution in [0, 0.1) is 0 Å². The number of aromatic amines is 1. The highest BCUT2D eigenvalue weighted by Crippen LogP contribution is 2.39. The third kappa shape index (κ3) is 5.40. The highest BCUT2D eigenvalue weighted by molar-refractivity contribution is 5.94. The van der Waals surface area contributed by atoms with Gasteiger partial charge in [-0.1, -0.05) is 42.5 Å². The molecule has 3 N–H and O–H groups in total. The van der Waals surface area contributed by atoms with Crippen LogP contribution in [-0.4, -0.2) is 51.7 Å². The van der Waals surface area contributed by atoms with Crippen molar-refractivity contribution >= 4 is 11.7 Å². The zero-order valence-corrected chi connectivity index (χ0v) is 21.3. The molecule has 1 saturated heterocycles. The summed E-state index contributed by atoms with van der Waals surface area (Å²) in [5.41, 5.74) is 6.04. The van der Waals surface area contributed by atoms with E-state index in [1.54, 1.807) is 6.20 Å². The van der Waals surface area contributed by atoms with Crippen molar-refractivity contribution in [2.24, 2.45) is 0 Å². The molecule has 0 unspecified atom stereocenters. The average molecular weight is 509 g/mol. The number of aromatic nitrogens is 3. The minimum atomic E-state index is -0.00904. The molecular weight excluding hydrogens is 476 g/mol. The van der Waals surface area contributed by atoms with Crippen LogP contribution in [0.15, 0.2) is 73.2 Å². The molecule has 2 aliphatic heterocycles. The number of nitrogens with one attached hydrogen (secondary N) is 3. The zero-order chi connectivity index (χ0) is 25.7. The molecule has 0 bridgehead atoms. The van der Waals surface area contributed by atoms with Crippen LogP contribution in [0.25, 0.3) is 11.1 Å². The molecule has 8 nitrogen and oxygen atoms in total. The van der Waals surface area contributed by atoms with E-state index < -0.39 is 0 Å². The molecular formula is C30H32N6O2. The zero-order valence-electron chi connectivity index (χ0n) is 21.3. The fraction of sp³-hybridized carbons (Fsp3) is 0.300. The molecule has 0 saturated carbocycles. The Bertz CT molecular complexity index is 1380. The van der Waals surface area contributed by atoms with Crippen LogP contribution in [0.2, 0.25) is 0 Å². The molecule has 2 aromatic carbocycles. The number of hydrogen-bond acceptors (Lipinski definition) is 6. The molecule has 2 aliphatic rings. The lowest BCUT2D eigenvalue weighted by Crippen LogP contribution is -2.44. The van der Waals surface area contributed by atoms with Crippen LogP contribution in [0.4, 0.5) is 5.82 Å². The summed E-state index contributed by atoms with van der Waals surface area (Å²) in [7, 11) is 0. The number of nitrogens with zero attached hydrogens (tertiary/aromatic N) is 3. The third-order valence-electron chi connectivity index (χ3n) is 7.36. The summed E-state index contributed by atoms with van der Waals surface area (Å²) < 4.78 is 5.93. The number of likely N-dealkylation sites (tertiary alicyclic amines) is 1. The van der Waals surface area contributed by atoms with Gasteiger partial charge in [-0.25, -0.2) is 4.98 Å². The molecule has 38 heavy (non-hydrogen) atoms. The molecule has 8 heteroatoms. The van der Waals surface area contributed by atoms with E-state index in [1.807, 2.05) is 36.7 Å². The van der Waals surface area contributed by atoms with Crippen molar-refractivity contribution in [3.8, 4) is 16.9 Å². The molecule has 6 rings (SSSR count). The Kier molecular flexibility index (Phi) is 7.04. The van der Waals surface area contributed by atoms with Crippen LogP contribution >= 0.6 is 0 Å². The summed E-state index contributed by atoms with van der Waals surface area (Å²) in [6, 6.07) is 18.6. The number of carbonyl (C=O) groups is 1. The second kappa shape index (κ2) is 11.1. The molecule has 0 radical (unpaired) electrons. The van der Waals surface area contributed by atoms with Gasteiger partial charge in [-0.2, -0.15) is 5.10 Å². The molecule has 0 atom stereocenters. The highest BCUT2D eigenvalue weighted by Gasteiger charge is 2.23. The molecule has 1 amide bonds. The first-order valence-electron chi connectivity index (χ1n) is 13.3. The Hall–Kier alpha value is -4.17. The second-order valence-electron chi connectivity index (χ2n) is 9.98. The predicted molar refractivity (Wildman–Crippen MR) is 147 cm³/mol. The van der Waals surface area contributed by atoms with Crippen LogP contribution in [0.3, 0.4) is 0 Å². The molecule has 4 heterocycles. The van der Waals surface area contributed by atoms with Crippen LogP contribution in [0.1, 0.15) is 39.9 Å². The normalized spacial score (nSPS) is 15.6. The number of anilines is 1. The van der Waals surface area contributed by atoms with E-state index in [0.29, 0.717) is 18.7 Å². The summed E-state index contributed by atoms with van der Waals surface area (Å²) in [5, 5.41) is 13.6. The van der Waals surface area contributed by atoms with E-state index in [0.717, 1.165) is 72.7 Å². The van der Waals surface area contributed by atoms with E-state index in [-0.39, 0.29) is 11.9 Å². The lowest BCUT2D eigenvalue weighted by atomic mass is 10.0. The number of pyridine rings is 1. The van der Waals surface area contributed by atoms with E-state index in [1.165, 1.54) is 5.56 Å². The minimum absolute atomic E-state index is 0.00904. The first-order chi connectivity index (χ1) is 18.7. The number of carbonyl (C=O) groups excluding carboxylic acids is 1. The topological polar surface area (TPSA) is 95.2 Å². The number of H-pyrrole nitrogens is 1. The Labute approximate surface area is 222 Å². The van der Waals surface area contributed by atoms with Gasteiger partial charge in [0.15, 0.2) is 0 Å². The maximum absolute atomic E-state index is 13.0. The van der Waals surface area contributed by atoms with Gasteiger partial charge >= 0.3 is 0 Å². The number of hydrogen-bond donors (Lipinski definition) is 3. The standard InChI is InChI=1S/C30H32N6O2/c37-30(35-25-9-12-36(13-10-25)20-21-5-2-1-3-6-21)23-8-4-7-22(15-23)16-31-29-26-11-14-38-28(26)27(19-32-29)24-17-33-34-18-24/h1-8,15,17-19,25H,9-14,16,20H2,(H,31,32)(H,33,34)(H,35,37). The van der Waals surface area contributed by atoms with Crippen LogP contribution in [-0.2, 0) is 19.5 Å². The van der Waals surface area contributed by atoms with Gasteiger partial charge in [0.2, 0.25) is 0 Å². The number of benzene rings is 2. The number of rotatable bonds is 8. The molecule has 194 valence electrons. The van der Waals surface area contributed by atoms with E-state index in [2.05, 4.69) is 61.0 Å². The quantitative estimate of drug-likeness (QED) is 0.326. The average Bonchev–Trinajstić information content (AvgIpc) is 3.67. The molecule has 4 aromatic rings. The predicted octanol–water partition coefficient (Wildman–Crippen LogP) is 4.41. The van der Waals surface area contributed by atoms with Gasteiger partial charge in [-0.3, -0.25) is 14.8 Å². The summed E-state index contributed by atoms with van der Waals surface area (Å²) in [6.07, 6.45) is 8.18. The van der Waals surface area contributed by atoms with Gasteiger partial charge in [0.1, 0.15) is 11.6 Å². The SMILES string of the molecule is O=C(NC1CCN(Cc2ccccc2)CC1)c1cccc(CNc2ncc(-c3cn[nH]c3)c3c2CCO3)c1. The van der Waals surface area contributed by atoms with Crippen molar-refractivity contribution in [1.29, 1.82) is 0 Å². The number of fused-ring (bicyclic) bond motifs is 1. The molecule has 0 aliphatic carbocycles. The summed E-state index contributed by atoms with van der Waals surface area (Å²) >= 11 is 0. The van der Waals surface area contributed by atoms with Gasteiger partial charge in [0.25, 0.3) is 5.91 Å². The fourth-order valence-corrected chi connectivity index (χ4v) is 5.30. The van der Waals surface area contributed by atoms with Gasteiger partial charge in [-0.05, 0) is 36.1 Å². The van der Waals surface area contributed by atoms with E-state index >= 15 is 0 Å². The van der Waals surface area contributed by atoms with Gasteiger partial charge in [0, 0.05) is 73.3 Å². The largest absolute Gasteiger partial charge is 0.492 e. The summed E-state index contributed by atoms with van der Waals surface area (Å²) in [4.78, 5) is 20.2. The van der Waals surface area contributed by atoms with Crippen LogP contribution in [0.5, 0.6) is 5.75 Å². The molecule has 0 spiro atoms. The number of ether oxygens (including phenoxy) is 1. The maximum Gasteiger partial charge on any atom is 0.251 e. The van der Waals surface area contributed by atoms with Crippen molar-refractivity contribution < 1.29 is 9.53 Å². The summed E-state index contributed by atoms with van der Waals surface area (Å²) in [6.45, 7) is 4.16. The first-order valence-corrected chi connectivity index (χ1v) is 13.3. The lowest BCUT2D eigenvalue weighted by Gasteiger charge is -2.32. The van der Waals surface area contributed by atoms with Crippen molar-refractivity contribution in [1.82, 2.24) is 25.4 Å². The van der Waals surface area contributed by atoms with Gasteiger partial charge < -0.3 is 15.4 Å². The van der Waals surface area contributed by atoms with Crippen molar-refractivity contribution in [3.63, 3.8) is 0 Å². The van der Waals surface area contributed by atoms with Crippen molar-refractivity contribution in [2.75, 3.05) is 25.0 Å². The van der Waals surface area contributed by atoms with Gasteiger partial charge in [-0.15, -0.1) is 0 Å². The Morgan fingerprint density at radius 3 is 2.71 bits per heavy atom. The Morgan fingerprint density at radius 2 is 1.89 bits per heavy atom. The smallest absolute Gasteiger partial charge is 0.251 e. The third-order valence-corrected chi connectivity index (χ3v) is 7.36. The van der Waals surface area contributed by atoms with Crippen molar-refractivity contribution in [3.05, 3.63) is 95.4 Å². The second-order valence-corrected chi connectivity index (χ2v) is 9.98. The highest BCUT2D eigenvalue weighted by atomic mass is 16.5. The van der Waals surface area contributed by atoms with Gasteiger partial charge in [0.05, 0.1) is 12.8 Å². The Morgan fingerprint density at radius 1 is 1.05 bits per heavy atom. The van der Waals surface area contributed by atoms with E-state index in [4.69, 9.17) is 4.74 Å². The van der Waals surface area contributed by atoms with E-state index in [9.17, 15) is 4.79 Å². The maximum atomic E-state index is 13.0. The molecule has 2 aromatic heterocycles. The van der Waals surface area contributed by atoms with Crippen LogP contribution < -0.4 is 15.4 Å².